The average molecular weight is 445 g/mol. The maximum Gasteiger partial charge on any atom is 0.189 e. The summed E-state index contributed by atoms with van der Waals surface area (Å²) < 4.78 is 12.9. The molecule has 0 radical (unpaired) electrons. The molecule has 0 spiro atoms. The second-order valence-electron chi connectivity index (χ2n) is 8.93. The van der Waals surface area contributed by atoms with Crippen LogP contribution in [0.2, 0.25) is 0 Å². The Morgan fingerprint density at radius 1 is 1.10 bits per heavy atom. The van der Waals surface area contributed by atoms with E-state index in [1.165, 1.54) is 16.5 Å². The molecular formula is C22H28N4O2S2. The van der Waals surface area contributed by atoms with Gasteiger partial charge in [-0.15, -0.1) is 11.3 Å². The molecule has 0 amide bonds. The summed E-state index contributed by atoms with van der Waals surface area (Å²) in [7, 11) is 0. The smallest absolute Gasteiger partial charge is 0.189 e. The number of thiophene rings is 1. The number of aromatic nitrogens is 3. The van der Waals surface area contributed by atoms with E-state index in [-0.39, 0.29) is 5.60 Å². The zero-order valence-electron chi connectivity index (χ0n) is 18.2. The fraction of sp³-hybridized carbons (Fsp3) is 0.591. The number of ether oxygens (including phenoxy) is 2. The van der Waals surface area contributed by atoms with E-state index < -0.39 is 0 Å². The molecule has 8 heteroatoms. The molecule has 5 heterocycles. The number of fused-ring (bicyclic) bond motifs is 5. The molecule has 0 N–H and O–H groups in total. The summed E-state index contributed by atoms with van der Waals surface area (Å²) in [6, 6.07) is 0. The molecular weight excluding hydrogens is 416 g/mol. The minimum absolute atomic E-state index is 0.188. The van der Waals surface area contributed by atoms with Crippen molar-refractivity contribution in [2.75, 3.05) is 37.5 Å². The van der Waals surface area contributed by atoms with Crippen molar-refractivity contribution in [1.82, 2.24) is 15.0 Å². The topological polar surface area (TPSA) is 60.4 Å². The van der Waals surface area contributed by atoms with Gasteiger partial charge in [-0.25, -0.2) is 15.0 Å². The van der Waals surface area contributed by atoms with Crippen molar-refractivity contribution >= 4 is 49.3 Å². The molecule has 0 aliphatic carbocycles. The number of thioether (sulfide) groups is 1. The van der Waals surface area contributed by atoms with E-state index in [9.17, 15) is 0 Å². The highest BCUT2D eigenvalue weighted by Gasteiger charge is 2.33. The van der Waals surface area contributed by atoms with E-state index >= 15 is 0 Å². The van der Waals surface area contributed by atoms with E-state index in [2.05, 4.69) is 32.6 Å². The van der Waals surface area contributed by atoms with Gasteiger partial charge in [-0.1, -0.05) is 25.6 Å². The van der Waals surface area contributed by atoms with Crippen LogP contribution in [-0.4, -0.2) is 53.1 Å². The van der Waals surface area contributed by atoms with Crippen LogP contribution in [0.15, 0.2) is 5.16 Å². The van der Waals surface area contributed by atoms with E-state index in [0.717, 1.165) is 64.4 Å². The van der Waals surface area contributed by atoms with Crippen LogP contribution >= 0.6 is 23.1 Å². The molecule has 0 bridgehead atoms. The second kappa shape index (κ2) is 7.58. The molecule has 5 rings (SSSR count). The normalized spacial score (nSPS) is 19.1. The number of hydrogen-bond acceptors (Lipinski definition) is 8. The summed E-state index contributed by atoms with van der Waals surface area (Å²) >= 11 is 3.34. The SMILES string of the molecule is CSc1nc(N2CCOCC2)c2sc3nc(C(C)C)c4c(c3c2n1)CC(C)(C)OC4. The van der Waals surface area contributed by atoms with Crippen LogP contribution in [0.4, 0.5) is 5.82 Å². The van der Waals surface area contributed by atoms with Crippen molar-refractivity contribution in [2.24, 2.45) is 0 Å². The third kappa shape index (κ3) is 3.38. The Kier molecular flexibility index (Phi) is 5.16. The lowest BCUT2D eigenvalue weighted by Gasteiger charge is -2.33. The number of anilines is 1. The van der Waals surface area contributed by atoms with Gasteiger partial charge in [-0.05, 0) is 31.6 Å². The molecule has 0 atom stereocenters. The predicted molar refractivity (Wildman–Crippen MR) is 124 cm³/mol. The first-order chi connectivity index (χ1) is 14.4. The second-order valence-corrected chi connectivity index (χ2v) is 10.7. The van der Waals surface area contributed by atoms with E-state index in [1.54, 1.807) is 23.1 Å². The van der Waals surface area contributed by atoms with Crippen molar-refractivity contribution in [3.63, 3.8) is 0 Å². The Morgan fingerprint density at radius 2 is 1.87 bits per heavy atom. The Hall–Kier alpha value is -1.48. The molecule has 1 fully saturated rings. The first-order valence-corrected chi connectivity index (χ1v) is 12.6. The van der Waals surface area contributed by atoms with Crippen LogP contribution < -0.4 is 4.90 Å². The first-order valence-electron chi connectivity index (χ1n) is 10.5. The number of pyridine rings is 1. The van der Waals surface area contributed by atoms with Gasteiger partial charge >= 0.3 is 0 Å². The predicted octanol–water partition coefficient (Wildman–Crippen LogP) is 4.77. The van der Waals surface area contributed by atoms with Crippen molar-refractivity contribution in [3.8, 4) is 0 Å². The highest BCUT2D eigenvalue weighted by atomic mass is 32.2. The molecule has 2 aliphatic rings. The zero-order chi connectivity index (χ0) is 21.0. The quantitative estimate of drug-likeness (QED) is 0.426. The van der Waals surface area contributed by atoms with Gasteiger partial charge in [0.1, 0.15) is 4.83 Å². The summed E-state index contributed by atoms with van der Waals surface area (Å²) in [5.74, 6) is 1.38. The fourth-order valence-corrected chi connectivity index (χ4v) is 5.95. The molecule has 6 nitrogen and oxygen atoms in total. The Bertz CT molecular complexity index is 1120. The lowest BCUT2D eigenvalue weighted by Crippen LogP contribution is -2.36. The number of nitrogens with zero attached hydrogens (tertiary/aromatic N) is 4. The molecule has 3 aromatic rings. The third-order valence-electron chi connectivity index (χ3n) is 5.92. The van der Waals surface area contributed by atoms with Gasteiger partial charge < -0.3 is 14.4 Å². The molecule has 0 saturated carbocycles. The standard InChI is InChI=1S/C22H28N4O2S2/c1-12(2)16-14-11-28-22(3,4)10-13(14)15-17-18(30-20(15)23-16)19(25-21(24-17)29-5)26-6-8-27-9-7-26/h12H,6-11H2,1-5H3. The van der Waals surface area contributed by atoms with Crippen molar-refractivity contribution in [3.05, 3.63) is 16.8 Å². The Morgan fingerprint density at radius 3 is 2.57 bits per heavy atom. The molecule has 0 unspecified atom stereocenters. The lowest BCUT2D eigenvalue weighted by atomic mass is 9.87. The van der Waals surface area contributed by atoms with Gasteiger partial charge in [0, 0.05) is 30.5 Å². The molecule has 1 saturated heterocycles. The van der Waals surface area contributed by atoms with Gasteiger partial charge in [0.25, 0.3) is 0 Å². The summed E-state index contributed by atoms with van der Waals surface area (Å²) in [5.41, 5.74) is 4.64. The summed E-state index contributed by atoms with van der Waals surface area (Å²) in [6.07, 6.45) is 2.92. The van der Waals surface area contributed by atoms with E-state index in [4.69, 9.17) is 24.4 Å². The van der Waals surface area contributed by atoms with Gasteiger partial charge in [0.05, 0.1) is 41.3 Å². The van der Waals surface area contributed by atoms with E-state index in [0.29, 0.717) is 12.5 Å². The van der Waals surface area contributed by atoms with Crippen molar-refractivity contribution in [2.45, 2.75) is 57.4 Å². The monoisotopic (exact) mass is 444 g/mol. The van der Waals surface area contributed by atoms with Crippen LogP contribution in [0, 0.1) is 0 Å². The fourth-order valence-electron chi connectivity index (χ4n) is 4.42. The van der Waals surface area contributed by atoms with Crippen LogP contribution in [0.25, 0.3) is 20.4 Å². The highest BCUT2D eigenvalue weighted by Crippen LogP contribution is 2.44. The largest absolute Gasteiger partial charge is 0.378 e. The third-order valence-corrected chi connectivity index (χ3v) is 7.54. The zero-order valence-corrected chi connectivity index (χ0v) is 19.9. The maximum absolute atomic E-state index is 6.19. The van der Waals surface area contributed by atoms with Crippen molar-refractivity contribution in [1.29, 1.82) is 0 Å². The highest BCUT2D eigenvalue weighted by molar-refractivity contribution is 7.98. The number of morpholine rings is 1. The van der Waals surface area contributed by atoms with Crippen LogP contribution in [0.5, 0.6) is 0 Å². The summed E-state index contributed by atoms with van der Waals surface area (Å²) in [5, 5.41) is 2.02. The van der Waals surface area contributed by atoms with Gasteiger partial charge in [0.15, 0.2) is 11.0 Å². The molecule has 3 aromatic heterocycles. The molecule has 0 aromatic carbocycles. The van der Waals surface area contributed by atoms with Crippen molar-refractivity contribution < 1.29 is 9.47 Å². The summed E-state index contributed by atoms with van der Waals surface area (Å²) in [6.45, 7) is 12.6. The lowest BCUT2D eigenvalue weighted by molar-refractivity contribution is -0.0402. The van der Waals surface area contributed by atoms with Crippen LogP contribution in [-0.2, 0) is 22.5 Å². The van der Waals surface area contributed by atoms with Gasteiger partial charge in [0.2, 0.25) is 0 Å². The van der Waals surface area contributed by atoms with Crippen LogP contribution in [0.1, 0.15) is 50.4 Å². The maximum atomic E-state index is 6.19. The molecule has 30 heavy (non-hydrogen) atoms. The number of rotatable bonds is 3. The summed E-state index contributed by atoms with van der Waals surface area (Å²) in [4.78, 5) is 18.5. The van der Waals surface area contributed by atoms with Gasteiger partial charge in [-0.2, -0.15) is 0 Å². The molecule has 160 valence electrons. The Labute approximate surface area is 185 Å². The minimum Gasteiger partial charge on any atom is -0.378 e. The average Bonchev–Trinajstić information content (AvgIpc) is 3.10. The first kappa shape index (κ1) is 20.4. The van der Waals surface area contributed by atoms with E-state index in [1.807, 2.05) is 6.26 Å². The number of hydrogen-bond donors (Lipinski definition) is 0. The molecule has 2 aliphatic heterocycles. The van der Waals surface area contributed by atoms with Crippen LogP contribution in [0.3, 0.4) is 0 Å². The van der Waals surface area contributed by atoms with Gasteiger partial charge in [-0.3, -0.25) is 0 Å². The minimum atomic E-state index is -0.188. The Balaban J connectivity index is 1.83.